The van der Waals surface area contributed by atoms with Crippen LogP contribution in [0.4, 0.5) is 10.5 Å². The maximum atomic E-state index is 12.7. The molecule has 158 valence electrons. The van der Waals surface area contributed by atoms with Crippen LogP contribution in [0.3, 0.4) is 0 Å². The molecule has 0 spiro atoms. The Kier molecular flexibility index (Phi) is 5.59. The number of hydrogen-bond donors (Lipinski definition) is 0. The molecule has 1 fully saturated rings. The molecule has 32 heavy (non-hydrogen) atoms. The van der Waals surface area contributed by atoms with Crippen LogP contribution >= 0.6 is 0 Å². The number of amides is 4. The normalized spacial score (nSPS) is 13.2. The number of anilines is 1. The van der Waals surface area contributed by atoms with Gasteiger partial charge in [-0.05, 0) is 48.5 Å². The van der Waals surface area contributed by atoms with Crippen molar-refractivity contribution in [1.82, 2.24) is 4.90 Å². The predicted octanol–water partition coefficient (Wildman–Crippen LogP) is 3.29. The molecule has 3 aromatic carbocycles. The average Bonchev–Trinajstić information content (AvgIpc) is 3.13. The molecule has 0 atom stereocenters. The van der Waals surface area contributed by atoms with Crippen LogP contribution in [0.15, 0.2) is 84.9 Å². The standard InChI is InChI=1S/C24H16N2O6/c27-20-15-25(24(31)26(20)21(28)16-7-3-1-4-8-16)19-13-11-18(12-14-19)23(30)32-22(29)17-9-5-2-6-10-17/h1-14H,15H2. The molecule has 1 saturated heterocycles. The fourth-order valence-electron chi connectivity index (χ4n) is 3.17. The molecule has 4 amide bonds. The topological polar surface area (TPSA) is 101 Å². The van der Waals surface area contributed by atoms with Crippen molar-refractivity contribution in [3.05, 3.63) is 102 Å². The van der Waals surface area contributed by atoms with Gasteiger partial charge in [0.25, 0.3) is 11.8 Å². The van der Waals surface area contributed by atoms with Crippen molar-refractivity contribution in [2.24, 2.45) is 0 Å². The summed E-state index contributed by atoms with van der Waals surface area (Å²) in [7, 11) is 0. The maximum absolute atomic E-state index is 12.7. The van der Waals surface area contributed by atoms with Crippen LogP contribution in [0.1, 0.15) is 31.1 Å². The molecule has 0 saturated carbocycles. The van der Waals surface area contributed by atoms with Gasteiger partial charge in [0, 0.05) is 11.3 Å². The number of ether oxygens (including phenoxy) is 1. The summed E-state index contributed by atoms with van der Waals surface area (Å²) < 4.78 is 4.86. The number of esters is 2. The van der Waals surface area contributed by atoms with E-state index in [0.717, 1.165) is 4.90 Å². The summed E-state index contributed by atoms with van der Waals surface area (Å²) in [6.07, 6.45) is 0. The average molecular weight is 428 g/mol. The van der Waals surface area contributed by atoms with Crippen molar-refractivity contribution in [2.75, 3.05) is 11.4 Å². The Balaban J connectivity index is 1.46. The van der Waals surface area contributed by atoms with Gasteiger partial charge >= 0.3 is 18.0 Å². The molecule has 0 aromatic heterocycles. The number of carbonyl (C=O) groups is 5. The number of rotatable bonds is 4. The Bertz CT molecular complexity index is 1210. The smallest absolute Gasteiger partial charge is 0.346 e. The summed E-state index contributed by atoms with van der Waals surface area (Å²) in [6.45, 7) is -0.312. The van der Waals surface area contributed by atoms with Crippen molar-refractivity contribution in [3.8, 4) is 0 Å². The first-order valence-electron chi connectivity index (χ1n) is 9.61. The van der Waals surface area contributed by atoms with Gasteiger partial charge in [-0.15, -0.1) is 0 Å². The molecule has 1 aliphatic rings. The number of nitrogens with zero attached hydrogens (tertiary/aromatic N) is 2. The monoisotopic (exact) mass is 428 g/mol. The number of imide groups is 3. The molecule has 4 rings (SSSR count). The highest BCUT2D eigenvalue weighted by atomic mass is 16.6. The zero-order valence-corrected chi connectivity index (χ0v) is 16.6. The largest absolute Gasteiger partial charge is 0.386 e. The predicted molar refractivity (Wildman–Crippen MR) is 113 cm³/mol. The molecule has 0 bridgehead atoms. The molecule has 0 unspecified atom stereocenters. The van der Waals surface area contributed by atoms with E-state index in [2.05, 4.69) is 0 Å². The Morgan fingerprint density at radius 2 is 1.16 bits per heavy atom. The van der Waals surface area contributed by atoms with E-state index in [1.807, 2.05) is 0 Å². The van der Waals surface area contributed by atoms with Gasteiger partial charge in [0.1, 0.15) is 6.54 Å². The van der Waals surface area contributed by atoms with Crippen LogP contribution in [-0.4, -0.2) is 41.2 Å². The third kappa shape index (κ3) is 4.01. The van der Waals surface area contributed by atoms with E-state index in [4.69, 9.17) is 4.74 Å². The van der Waals surface area contributed by atoms with Crippen LogP contribution in [0, 0.1) is 0 Å². The van der Waals surface area contributed by atoms with Crippen LogP contribution in [-0.2, 0) is 9.53 Å². The van der Waals surface area contributed by atoms with Crippen molar-refractivity contribution >= 4 is 35.5 Å². The van der Waals surface area contributed by atoms with Crippen molar-refractivity contribution < 1.29 is 28.7 Å². The molecule has 0 aliphatic carbocycles. The zero-order chi connectivity index (χ0) is 22.7. The lowest BCUT2D eigenvalue weighted by molar-refractivity contribution is -0.123. The first-order chi connectivity index (χ1) is 15.5. The fourth-order valence-corrected chi connectivity index (χ4v) is 3.17. The van der Waals surface area contributed by atoms with E-state index >= 15 is 0 Å². The minimum Gasteiger partial charge on any atom is -0.386 e. The number of carbonyl (C=O) groups excluding carboxylic acids is 5. The molecule has 1 heterocycles. The second-order valence-electron chi connectivity index (χ2n) is 6.86. The fraction of sp³-hybridized carbons (Fsp3) is 0.0417. The van der Waals surface area contributed by atoms with Gasteiger partial charge in [-0.2, -0.15) is 4.90 Å². The molecule has 0 radical (unpaired) electrons. The quantitative estimate of drug-likeness (QED) is 0.274. The van der Waals surface area contributed by atoms with E-state index in [0.29, 0.717) is 10.6 Å². The van der Waals surface area contributed by atoms with E-state index in [1.54, 1.807) is 36.4 Å². The molecular formula is C24H16N2O6. The lowest BCUT2D eigenvalue weighted by atomic mass is 10.2. The van der Waals surface area contributed by atoms with Gasteiger partial charge in [-0.3, -0.25) is 14.5 Å². The Morgan fingerprint density at radius 1 is 0.656 bits per heavy atom. The summed E-state index contributed by atoms with van der Waals surface area (Å²) in [4.78, 5) is 63.6. The first kappa shape index (κ1) is 20.7. The van der Waals surface area contributed by atoms with Gasteiger partial charge in [-0.1, -0.05) is 36.4 Å². The number of hydrogen-bond acceptors (Lipinski definition) is 6. The minimum atomic E-state index is -0.852. The van der Waals surface area contributed by atoms with Crippen LogP contribution in [0.2, 0.25) is 0 Å². The van der Waals surface area contributed by atoms with Crippen LogP contribution in [0.25, 0.3) is 0 Å². The lowest BCUT2D eigenvalue weighted by Crippen LogP contribution is -2.38. The number of urea groups is 1. The van der Waals surface area contributed by atoms with Gasteiger partial charge in [0.05, 0.1) is 11.1 Å². The highest BCUT2D eigenvalue weighted by molar-refractivity contribution is 6.25. The van der Waals surface area contributed by atoms with Gasteiger partial charge in [-0.25, -0.2) is 14.4 Å². The van der Waals surface area contributed by atoms with Gasteiger partial charge in [0.2, 0.25) is 0 Å². The van der Waals surface area contributed by atoms with Crippen molar-refractivity contribution in [2.45, 2.75) is 0 Å². The third-order valence-electron chi connectivity index (χ3n) is 4.80. The summed E-state index contributed by atoms with van der Waals surface area (Å²) in [5.41, 5.74) is 0.866. The zero-order valence-electron chi connectivity index (χ0n) is 16.6. The van der Waals surface area contributed by atoms with Crippen molar-refractivity contribution in [3.63, 3.8) is 0 Å². The summed E-state index contributed by atoms with van der Waals surface area (Å²) >= 11 is 0. The van der Waals surface area contributed by atoms with Crippen LogP contribution in [0.5, 0.6) is 0 Å². The molecule has 1 aliphatic heterocycles. The van der Waals surface area contributed by atoms with E-state index in [9.17, 15) is 24.0 Å². The van der Waals surface area contributed by atoms with E-state index in [-0.39, 0.29) is 23.2 Å². The third-order valence-corrected chi connectivity index (χ3v) is 4.80. The molecule has 8 heteroatoms. The molecular weight excluding hydrogens is 412 g/mol. The summed E-state index contributed by atoms with van der Waals surface area (Å²) in [6, 6.07) is 20.9. The summed E-state index contributed by atoms with van der Waals surface area (Å²) in [5.74, 6) is -2.99. The maximum Gasteiger partial charge on any atom is 0.346 e. The summed E-state index contributed by atoms with van der Waals surface area (Å²) in [5, 5.41) is 0. The molecule has 8 nitrogen and oxygen atoms in total. The van der Waals surface area contributed by atoms with E-state index < -0.39 is 29.8 Å². The minimum absolute atomic E-state index is 0.0909. The van der Waals surface area contributed by atoms with Crippen LogP contribution < -0.4 is 4.90 Å². The Labute approximate surface area is 182 Å². The van der Waals surface area contributed by atoms with Gasteiger partial charge in [0.15, 0.2) is 0 Å². The molecule has 3 aromatic rings. The second kappa shape index (κ2) is 8.65. The van der Waals surface area contributed by atoms with Crippen molar-refractivity contribution in [1.29, 1.82) is 0 Å². The first-order valence-corrected chi connectivity index (χ1v) is 9.61. The number of benzene rings is 3. The second-order valence-corrected chi connectivity index (χ2v) is 6.86. The SMILES string of the molecule is O=C(OC(=O)c1ccc(N2CC(=O)N(C(=O)c3ccccc3)C2=O)cc1)c1ccccc1. The van der Waals surface area contributed by atoms with Gasteiger partial charge < -0.3 is 4.74 Å². The lowest BCUT2D eigenvalue weighted by Gasteiger charge is -2.16. The molecule has 0 N–H and O–H groups in total. The highest BCUT2D eigenvalue weighted by Crippen LogP contribution is 2.23. The Morgan fingerprint density at radius 3 is 1.72 bits per heavy atom. The highest BCUT2D eigenvalue weighted by Gasteiger charge is 2.41. The Hall–Kier alpha value is -4.59. The van der Waals surface area contributed by atoms with E-state index in [1.165, 1.54) is 48.5 Å².